The van der Waals surface area contributed by atoms with Crippen LogP contribution in [0.2, 0.25) is 0 Å². The van der Waals surface area contributed by atoms with Crippen molar-refractivity contribution in [1.29, 1.82) is 0 Å². The van der Waals surface area contributed by atoms with Crippen LogP contribution in [0.1, 0.15) is 101 Å². The van der Waals surface area contributed by atoms with Gasteiger partial charge in [0.25, 0.3) is 23.3 Å². The number of aliphatic hydroxyl groups excluding tert-OH is 1. The molecule has 8 heterocycles. The van der Waals surface area contributed by atoms with Crippen molar-refractivity contribution in [3.63, 3.8) is 0 Å². The number of piperidine rings is 1. The molecule has 2 aromatic carbocycles. The predicted molar refractivity (Wildman–Crippen MR) is 299 cm³/mol. The number of benzene rings is 2. The molecule has 0 spiro atoms. The van der Waals surface area contributed by atoms with Crippen LogP contribution in [0.5, 0.6) is 0 Å². The third-order valence-electron chi connectivity index (χ3n) is 16.7. The molecule has 21 heteroatoms. The van der Waals surface area contributed by atoms with Gasteiger partial charge in [0.1, 0.15) is 16.9 Å². The van der Waals surface area contributed by atoms with Crippen LogP contribution in [0.3, 0.4) is 0 Å². The summed E-state index contributed by atoms with van der Waals surface area (Å²) in [5.41, 5.74) is 4.35. The van der Waals surface area contributed by atoms with Crippen LogP contribution < -0.4 is 35.8 Å². The Morgan fingerprint density at radius 2 is 1.60 bits per heavy atom. The number of pyridine rings is 2. The molecule has 4 aliphatic heterocycles. The number of fused-ring (bicyclic) bond motifs is 4. The number of alkyl halides is 3. The van der Waals surface area contributed by atoms with Crippen molar-refractivity contribution in [3.8, 4) is 11.3 Å². The fourth-order valence-corrected chi connectivity index (χ4v) is 12.2. The molecular formula is C59H63F3N12O6. The molecule has 3 N–H and O–H groups in total. The van der Waals surface area contributed by atoms with Gasteiger partial charge in [-0.25, -0.2) is 14.9 Å². The minimum Gasteiger partial charge on any atom is -0.392 e. The molecule has 1 unspecified atom stereocenters. The second-order valence-electron chi connectivity index (χ2n) is 22.8. The predicted octanol–water partition coefficient (Wildman–Crippen LogP) is 8.00. The van der Waals surface area contributed by atoms with Gasteiger partial charge < -0.3 is 34.7 Å². The molecule has 0 saturated carbocycles. The zero-order valence-electron chi connectivity index (χ0n) is 45.5. The number of hydrogen-bond donors (Lipinski definition) is 3. The van der Waals surface area contributed by atoms with Crippen molar-refractivity contribution in [2.24, 2.45) is 12.5 Å². The van der Waals surface area contributed by atoms with Crippen LogP contribution in [0.4, 0.5) is 53.2 Å². The molecule has 416 valence electrons. The Labute approximate surface area is 460 Å². The number of nitrogens with zero attached hydrogens (tertiary/aromatic N) is 10. The summed E-state index contributed by atoms with van der Waals surface area (Å²) in [7, 11) is 1.61. The maximum absolute atomic E-state index is 14.1. The van der Waals surface area contributed by atoms with E-state index in [9.17, 15) is 42.3 Å². The number of aryl methyl sites for hydroxylation is 1. The zero-order valence-corrected chi connectivity index (χ0v) is 45.5. The number of aromatic nitrogens is 5. The number of amides is 4. The summed E-state index contributed by atoms with van der Waals surface area (Å²) in [6.45, 7) is 16.3. The number of anilines is 7. The van der Waals surface area contributed by atoms with Crippen molar-refractivity contribution >= 4 is 63.7 Å². The molecular weight excluding hydrogens is 1030 g/mol. The Kier molecular flexibility index (Phi) is 13.6. The van der Waals surface area contributed by atoms with Crippen LogP contribution in [-0.4, -0.2) is 115 Å². The van der Waals surface area contributed by atoms with Crippen LogP contribution in [0.15, 0.2) is 96.7 Å². The van der Waals surface area contributed by atoms with Crippen molar-refractivity contribution in [2.75, 3.05) is 69.5 Å². The summed E-state index contributed by atoms with van der Waals surface area (Å²) in [4.78, 5) is 90.9. The van der Waals surface area contributed by atoms with E-state index in [4.69, 9.17) is 4.98 Å². The number of hydrogen-bond acceptors (Lipinski definition) is 13. The van der Waals surface area contributed by atoms with E-state index in [2.05, 4.69) is 67.2 Å². The average Bonchev–Trinajstić information content (AvgIpc) is 4.04. The Morgan fingerprint density at radius 1 is 0.850 bits per heavy atom. The average molecular weight is 1090 g/mol. The third kappa shape index (κ3) is 9.48. The number of aliphatic hydroxyl groups is 1. The van der Waals surface area contributed by atoms with Gasteiger partial charge in [0.15, 0.2) is 5.82 Å². The molecule has 2 fully saturated rings. The second-order valence-corrected chi connectivity index (χ2v) is 22.8. The minimum absolute atomic E-state index is 0.000866. The van der Waals surface area contributed by atoms with Crippen molar-refractivity contribution in [1.82, 2.24) is 29.0 Å². The van der Waals surface area contributed by atoms with E-state index < -0.39 is 41.5 Å². The lowest BCUT2D eigenvalue weighted by molar-refractivity contribution is -0.181. The molecule has 0 radical (unpaired) electrons. The summed E-state index contributed by atoms with van der Waals surface area (Å²) < 4.78 is 45.2. The van der Waals surface area contributed by atoms with E-state index >= 15 is 0 Å². The molecule has 1 aliphatic carbocycles. The topological polar surface area (TPSA) is 194 Å². The molecule has 5 aliphatic rings. The summed E-state index contributed by atoms with van der Waals surface area (Å²) in [5, 5.41) is 17.0. The van der Waals surface area contributed by atoms with Crippen LogP contribution in [0.25, 0.3) is 11.3 Å². The van der Waals surface area contributed by atoms with Gasteiger partial charge in [-0.3, -0.25) is 38.8 Å². The normalized spacial score (nSPS) is 18.6. The zero-order chi connectivity index (χ0) is 56.7. The molecule has 2 saturated heterocycles. The van der Waals surface area contributed by atoms with Crippen molar-refractivity contribution < 1.29 is 37.5 Å². The molecule has 1 atom stereocenters. The standard InChI is InChI=1S/C59H63F3N12O6/c1-8-50(76)66-44-26-36(65-51-56(80)68(7)32-45(67-51)40-14-18-64-52(43(40)33-75)73-24-23-72-47(55(73)79)25-35-29-57(3,4)30-48(35)72)9-12-46(44)71-22-21-70(31-34(71)2)37-15-19-69(20-16-37)38-10-11-41-42(27-38)54(78)74(53(41)77)39-13-17-63-49(28-39)58(5,6)59(60,61)62/h8-14,17-18,25-28,32,34,37,75H,1,15-16,19-24,29-31,33H2,2-7H3,(H,65,67)(H,66,76). The number of carbonyl (C=O) groups is 4. The molecule has 4 aromatic heterocycles. The highest BCUT2D eigenvalue weighted by atomic mass is 19.4. The van der Waals surface area contributed by atoms with E-state index in [1.807, 2.05) is 24.3 Å². The van der Waals surface area contributed by atoms with E-state index in [1.165, 1.54) is 34.2 Å². The molecule has 18 nitrogen and oxygen atoms in total. The van der Waals surface area contributed by atoms with Gasteiger partial charge in [-0.2, -0.15) is 13.2 Å². The number of carbonyl (C=O) groups excluding carboxylic acids is 4. The van der Waals surface area contributed by atoms with Gasteiger partial charge in [0.05, 0.1) is 46.2 Å². The number of imide groups is 1. The third-order valence-corrected chi connectivity index (χ3v) is 16.7. The molecule has 11 rings (SSSR count). The number of piperazine rings is 1. The first kappa shape index (κ1) is 53.8. The highest BCUT2D eigenvalue weighted by molar-refractivity contribution is 6.34. The van der Waals surface area contributed by atoms with E-state index in [1.54, 1.807) is 48.6 Å². The summed E-state index contributed by atoms with van der Waals surface area (Å²) in [6.07, 6.45) is 4.41. The maximum Gasteiger partial charge on any atom is 0.399 e. The van der Waals surface area contributed by atoms with Crippen LogP contribution >= 0.6 is 0 Å². The minimum atomic E-state index is -4.60. The van der Waals surface area contributed by atoms with Crippen LogP contribution in [0, 0.1) is 5.41 Å². The van der Waals surface area contributed by atoms with Crippen molar-refractivity contribution in [2.45, 2.75) is 97.1 Å². The van der Waals surface area contributed by atoms with E-state index in [-0.39, 0.29) is 51.7 Å². The second kappa shape index (κ2) is 20.2. The SMILES string of the molecule is C=CC(=O)Nc1cc(Nc2nc(-c3ccnc(N4CCn5c(cc6c5CC(C)(C)C6)C4=O)c3CO)cn(C)c2=O)ccc1N1CCN(C2CCN(c3ccc4c(c3)C(=O)N(c3ccnc(C(C)(C)C(F)(F)F)c3)C4=O)CC2)CC1C. The summed E-state index contributed by atoms with van der Waals surface area (Å²) in [5.74, 6) is -1.49. The number of nitrogens with one attached hydrogen (secondary N) is 2. The fourth-order valence-electron chi connectivity index (χ4n) is 12.2. The van der Waals surface area contributed by atoms with E-state index in [0.29, 0.717) is 72.4 Å². The molecule has 80 heavy (non-hydrogen) atoms. The molecule has 4 amide bonds. The summed E-state index contributed by atoms with van der Waals surface area (Å²) >= 11 is 0. The Hall–Kier alpha value is -8.17. The van der Waals surface area contributed by atoms with Gasteiger partial charge in [-0.05, 0) is 124 Å². The van der Waals surface area contributed by atoms with Gasteiger partial charge in [-0.1, -0.05) is 20.4 Å². The first-order valence-corrected chi connectivity index (χ1v) is 26.9. The Morgan fingerprint density at radius 3 is 2.33 bits per heavy atom. The summed E-state index contributed by atoms with van der Waals surface area (Å²) in [6, 6.07) is 17.1. The lowest BCUT2D eigenvalue weighted by Gasteiger charge is -2.47. The van der Waals surface area contributed by atoms with Gasteiger partial charge in [-0.15, -0.1) is 0 Å². The highest BCUT2D eigenvalue weighted by Crippen LogP contribution is 2.43. The quantitative estimate of drug-likeness (QED) is 0.0789. The Bertz CT molecular complexity index is 3600. The van der Waals surface area contributed by atoms with Crippen LogP contribution in [-0.2, 0) is 43.3 Å². The van der Waals surface area contributed by atoms with E-state index in [0.717, 1.165) is 75.0 Å². The van der Waals surface area contributed by atoms with Gasteiger partial charge in [0.2, 0.25) is 5.91 Å². The number of halogens is 3. The first-order valence-electron chi connectivity index (χ1n) is 26.9. The number of rotatable bonds is 12. The largest absolute Gasteiger partial charge is 0.399 e. The first-order chi connectivity index (χ1) is 38.0. The fraction of sp³-hybridized carbons (Fsp3) is 0.390. The lowest BCUT2D eigenvalue weighted by Crippen LogP contribution is -2.57. The van der Waals surface area contributed by atoms with Gasteiger partial charge in [0, 0.05) is 112 Å². The molecule has 0 bridgehead atoms. The smallest absolute Gasteiger partial charge is 0.392 e. The molecule has 6 aromatic rings. The monoisotopic (exact) mass is 1090 g/mol. The Balaban J connectivity index is 0.759. The van der Waals surface area contributed by atoms with Crippen molar-refractivity contribution in [3.05, 3.63) is 142 Å². The van der Waals surface area contributed by atoms with Gasteiger partial charge >= 0.3 is 6.18 Å². The maximum atomic E-state index is 14.1. The highest BCUT2D eigenvalue weighted by Gasteiger charge is 2.50. The lowest BCUT2D eigenvalue weighted by atomic mass is 9.88.